The van der Waals surface area contributed by atoms with E-state index >= 15 is 0 Å². The van der Waals surface area contributed by atoms with Gasteiger partial charge in [0.1, 0.15) is 5.75 Å². The van der Waals surface area contributed by atoms with Crippen LogP contribution in [-0.4, -0.2) is 26.4 Å². The van der Waals surface area contributed by atoms with Gasteiger partial charge in [0.25, 0.3) is 10.0 Å². The van der Waals surface area contributed by atoms with E-state index in [1.165, 1.54) is 7.11 Å². The van der Waals surface area contributed by atoms with Crippen molar-refractivity contribution in [3.8, 4) is 5.75 Å². The predicted octanol–water partition coefficient (Wildman–Crippen LogP) is 2.31. The zero-order valence-corrected chi connectivity index (χ0v) is 15.3. The summed E-state index contributed by atoms with van der Waals surface area (Å²) in [4.78, 5) is 16.9. The number of carbonyl (C=O) groups excluding carboxylic acids is 1. The average Bonchev–Trinajstić information content (AvgIpc) is 3.26. The van der Waals surface area contributed by atoms with E-state index in [1.807, 2.05) is 12.1 Å². The monoisotopic (exact) mass is 366 g/mol. The smallest absolute Gasteiger partial charge is 0.275 e. The van der Waals surface area contributed by atoms with Gasteiger partial charge in [-0.25, -0.2) is 18.1 Å². The van der Waals surface area contributed by atoms with Gasteiger partial charge < -0.3 is 4.74 Å². The highest BCUT2D eigenvalue weighted by molar-refractivity contribution is 7.92. The van der Waals surface area contributed by atoms with E-state index in [2.05, 4.69) is 9.71 Å². The SMILES string of the molecule is COc1ccccc1C1(C(=O)NS(=O)(=O)c2sc(C)nc2C)CC1. The minimum absolute atomic E-state index is 0.0872. The molecule has 1 N–H and O–H groups in total. The molecule has 1 heterocycles. The molecule has 0 radical (unpaired) electrons. The summed E-state index contributed by atoms with van der Waals surface area (Å²) in [5.74, 6) is 0.0739. The summed E-state index contributed by atoms with van der Waals surface area (Å²) < 4.78 is 32.7. The molecule has 3 rings (SSSR count). The molecular weight excluding hydrogens is 348 g/mol. The van der Waals surface area contributed by atoms with Crippen LogP contribution in [-0.2, 0) is 20.2 Å². The van der Waals surface area contributed by atoms with Crippen LogP contribution in [0.4, 0.5) is 0 Å². The molecule has 0 bridgehead atoms. The molecule has 0 saturated heterocycles. The van der Waals surface area contributed by atoms with Crippen molar-refractivity contribution >= 4 is 27.3 Å². The number of methoxy groups -OCH3 is 1. The van der Waals surface area contributed by atoms with Crippen molar-refractivity contribution in [1.82, 2.24) is 9.71 Å². The lowest BCUT2D eigenvalue weighted by molar-refractivity contribution is -0.121. The number of aryl methyl sites for hydroxylation is 2. The fraction of sp³-hybridized carbons (Fsp3) is 0.375. The number of hydrogen-bond donors (Lipinski definition) is 1. The van der Waals surface area contributed by atoms with Gasteiger partial charge in [-0.15, -0.1) is 11.3 Å². The van der Waals surface area contributed by atoms with Gasteiger partial charge in [-0.05, 0) is 32.8 Å². The van der Waals surface area contributed by atoms with Crippen molar-refractivity contribution in [2.24, 2.45) is 0 Å². The molecule has 0 spiro atoms. The Labute approximate surface area is 144 Å². The highest BCUT2D eigenvalue weighted by Gasteiger charge is 2.54. The van der Waals surface area contributed by atoms with Crippen LogP contribution in [0.15, 0.2) is 28.5 Å². The first kappa shape index (κ1) is 16.9. The Hall–Kier alpha value is -1.93. The number of benzene rings is 1. The molecule has 1 fully saturated rings. The van der Waals surface area contributed by atoms with Gasteiger partial charge >= 0.3 is 0 Å². The molecule has 6 nitrogen and oxygen atoms in total. The zero-order chi connectivity index (χ0) is 17.5. The normalized spacial score (nSPS) is 15.8. The number of para-hydroxylation sites is 1. The summed E-state index contributed by atoms with van der Waals surface area (Å²) in [5.41, 5.74) is 0.283. The first-order chi connectivity index (χ1) is 11.3. The van der Waals surface area contributed by atoms with E-state index in [0.29, 0.717) is 29.3 Å². The second kappa shape index (κ2) is 5.86. The molecule has 0 aliphatic heterocycles. The molecule has 1 aromatic carbocycles. The number of thiazole rings is 1. The standard InChI is InChI=1S/C16H18N2O4S2/c1-10-14(23-11(2)17-10)24(20,21)18-15(19)16(8-9-16)12-6-4-5-7-13(12)22-3/h4-7H,8-9H2,1-3H3,(H,18,19). The summed E-state index contributed by atoms with van der Waals surface area (Å²) in [6, 6.07) is 7.21. The number of sulfonamides is 1. The second-order valence-electron chi connectivity index (χ2n) is 5.82. The Kier molecular flexibility index (Phi) is 4.13. The molecule has 1 amide bonds. The molecule has 1 saturated carbocycles. The summed E-state index contributed by atoms with van der Waals surface area (Å²) in [6.45, 7) is 3.35. The van der Waals surface area contributed by atoms with Gasteiger partial charge in [-0.1, -0.05) is 18.2 Å². The van der Waals surface area contributed by atoms with Gasteiger partial charge in [0.2, 0.25) is 5.91 Å². The number of rotatable bonds is 5. The lowest BCUT2D eigenvalue weighted by atomic mass is 9.94. The van der Waals surface area contributed by atoms with Crippen LogP contribution in [0.2, 0.25) is 0 Å². The van der Waals surface area contributed by atoms with E-state index in [1.54, 1.807) is 26.0 Å². The Morgan fingerprint density at radius 1 is 1.29 bits per heavy atom. The lowest BCUT2D eigenvalue weighted by Crippen LogP contribution is -2.38. The quantitative estimate of drug-likeness (QED) is 0.878. The predicted molar refractivity (Wildman–Crippen MR) is 90.8 cm³/mol. The molecule has 1 aliphatic rings. The third kappa shape index (κ3) is 2.80. The van der Waals surface area contributed by atoms with E-state index in [4.69, 9.17) is 4.74 Å². The molecule has 24 heavy (non-hydrogen) atoms. The van der Waals surface area contributed by atoms with Crippen LogP contribution in [0.3, 0.4) is 0 Å². The van der Waals surface area contributed by atoms with E-state index in [9.17, 15) is 13.2 Å². The van der Waals surface area contributed by atoms with Crippen molar-refractivity contribution in [3.05, 3.63) is 40.5 Å². The van der Waals surface area contributed by atoms with Gasteiger partial charge in [-0.3, -0.25) is 4.79 Å². The molecule has 8 heteroatoms. The van der Waals surface area contributed by atoms with E-state index in [0.717, 1.165) is 16.9 Å². The zero-order valence-electron chi connectivity index (χ0n) is 13.6. The van der Waals surface area contributed by atoms with Crippen molar-refractivity contribution in [2.45, 2.75) is 36.3 Å². The first-order valence-electron chi connectivity index (χ1n) is 7.45. The Balaban J connectivity index is 1.91. The number of ether oxygens (including phenoxy) is 1. The van der Waals surface area contributed by atoms with Crippen molar-refractivity contribution < 1.29 is 17.9 Å². The molecule has 2 aromatic rings. The third-order valence-electron chi connectivity index (χ3n) is 4.14. The Morgan fingerprint density at radius 2 is 1.96 bits per heavy atom. The van der Waals surface area contributed by atoms with Crippen LogP contribution in [0, 0.1) is 13.8 Å². The maximum absolute atomic E-state index is 12.7. The maximum atomic E-state index is 12.7. The fourth-order valence-corrected chi connectivity index (χ4v) is 5.35. The number of aromatic nitrogens is 1. The number of carbonyl (C=O) groups is 1. The molecule has 0 atom stereocenters. The number of nitrogens with one attached hydrogen (secondary N) is 1. The minimum Gasteiger partial charge on any atom is -0.496 e. The van der Waals surface area contributed by atoms with Gasteiger partial charge in [-0.2, -0.15) is 0 Å². The second-order valence-corrected chi connectivity index (χ2v) is 8.90. The minimum atomic E-state index is -3.92. The summed E-state index contributed by atoms with van der Waals surface area (Å²) in [6.07, 6.45) is 1.19. The van der Waals surface area contributed by atoms with Crippen molar-refractivity contribution in [2.75, 3.05) is 7.11 Å². The molecular formula is C16H18N2O4S2. The third-order valence-corrected chi connectivity index (χ3v) is 7.15. The van der Waals surface area contributed by atoms with Gasteiger partial charge in [0, 0.05) is 5.56 Å². The molecule has 128 valence electrons. The van der Waals surface area contributed by atoms with E-state index < -0.39 is 21.3 Å². The number of hydrogen-bond acceptors (Lipinski definition) is 6. The van der Waals surface area contributed by atoms with Crippen LogP contribution in [0.5, 0.6) is 5.75 Å². The first-order valence-corrected chi connectivity index (χ1v) is 9.75. The summed E-state index contributed by atoms with van der Waals surface area (Å²) in [7, 11) is -2.39. The largest absolute Gasteiger partial charge is 0.496 e. The van der Waals surface area contributed by atoms with Gasteiger partial charge in [0.15, 0.2) is 4.21 Å². The van der Waals surface area contributed by atoms with Crippen LogP contribution < -0.4 is 9.46 Å². The fourth-order valence-electron chi connectivity index (χ4n) is 2.81. The number of nitrogens with zero attached hydrogens (tertiary/aromatic N) is 1. The highest BCUT2D eigenvalue weighted by Crippen LogP contribution is 2.51. The molecule has 1 aromatic heterocycles. The van der Waals surface area contributed by atoms with Crippen molar-refractivity contribution in [1.29, 1.82) is 0 Å². The summed E-state index contributed by atoms with van der Waals surface area (Å²) in [5, 5.41) is 0.645. The molecule has 0 unspecified atom stereocenters. The van der Waals surface area contributed by atoms with E-state index in [-0.39, 0.29) is 4.21 Å². The maximum Gasteiger partial charge on any atom is 0.275 e. The van der Waals surface area contributed by atoms with Crippen LogP contribution in [0.1, 0.15) is 29.1 Å². The topological polar surface area (TPSA) is 85.4 Å². The molecule has 1 aliphatic carbocycles. The lowest BCUT2D eigenvalue weighted by Gasteiger charge is -2.18. The van der Waals surface area contributed by atoms with Crippen LogP contribution in [0.25, 0.3) is 0 Å². The Morgan fingerprint density at radius 3 is 2.50 bits per heavy atom. The summed E-state index contributed by atoms with van der Waals surface area (Å²) >= 11 is 1.06. The highest BCUT2D eigenvalue weighted by atomic mass is 32.2. The van der Waals surface area contributed by atoms with Crippen LogP contribution >= 0.6 is 11.3 Å². The van der Waals surface area contributed by atoms with Gasteiger partial charge in [0.05, 0.1) is 23.2 Å². The Bertz CT molecular complexity index is 899. The number of amides is 1. The van der Waals surface area contributed by atoms with Crippen molar-refractivity contribution in [3.63, 3.8) is 0 Å². The average molecular weight is 366 g/mol.